The van der Waals surface area contributed by atoms with Gasteiger partial charge in [0.2, 0.25) is 0 Å². The van der Waals surface area contributed by atoms with E-state index in [2.05, 4.69) is 5.28 Å². The summed E-state index contributed by atoms with van der Waals surface area (Å²) in [6.45, 7) is 4.72. The van der Waals surface area contributed by atoms with Gasteiger partial charge in [0, 0.05) is 0 Å². The minimum absolute atomic E-state index is 0.110. The summed E-state index contributed by atoms with van der Waals surface area (Å²) in [4.78, 5) is 0.507. The molecule has 1 rings (SSSR count). The first-order chi connectivity index (χ1) is 5.08. The highest BCUT2D eigenvalue weighted by molar-refractivity contribution is 4.81. The van der Waals surface area contributed by atoms with Crippen LogP contribution in [0.3, 0.4) is 0 Å². The maximum absolute atomic E-state index is 9.04. The van der Waals surface area contributed by atoms with E-state index in [9.17, 15) is 0 Å². The van der Waals surface area contributed by atoms with Crippen molar-refractivity contribution in [3.63, 3.8) is 0 Å². The molecule has 0 spiro atoms. The van der Waals surface area contributed by atoms with Gasteiger partial charge >= 0.3 is 0 Å². The lowest BCUT2D eigenvalue weighted by atomic mass is 10.0. The molecule has 5 nitrogen and oxygen atoms in total. The van der Waals surface area contributed by atoms with Gasteiger partial charge in [-0.2, -0.15) is 0 Å². The summed E-state index contributed by atoms with van der Waals surface area (Å²) in [5, 5.41) is 21.6. The average Bonchev–Trinajstić information content (AvgIpc) is 2.28. The van der Waals surface area contributed by atoms with Crippen LogP contribution in [0.15, 0.2) is 5.28 Å². The molecule has 5 heteroatoms. The topological polar surface area (TPSA) is 59.1 Å². The van der Waals surface area contributed by atoms with Crippen molar-refractivity contribution in [2.24, 2.45) is 5.28 Å². The van der Waals surface area contributed by atoms with Crippen LogP contribution in [0.1, 0.15) is 26.7 Å². The maximum atomic E-state index is 9.04. The zero-order chi connectivity index (χ0) is 8.48. The smallest absolute Gasteiger partial charge is 0.271 e. The first-order valence-electron chi connectivity index (χ1n) is 3.69. The zero-order valence-corrected chi connectivity index (χ0v) is 6.86. The van der Waals surface area contributed by atoms with Crippen LogP contribution in [0.4, 0.5) is 0 Å². The summed E-state index contributed by atoms with van der Waals surface area (Å²) in [7, 11) is 0. The molecule has 0 radical (unpaired) electrons. The highest BCUT2D eigenvalue weighted by Gasteiger charge is 2.41. The van der Waals surface area contributed by atoms with Crippen molar-refractivity contribution in [3.8, 4) is 0 Å². The van der Waals surface area contributed by atoms with Gasteiger partial charge in [-0.25, -0.2) is 5.21 Å². The van der Waals surface area contributed by atoms with Crippen LogP contribution < -0.4 is 0 Å². The van der Waals surface area contributed by atoms with Crippen molar-refractivity contribution < 1.29 is 15.4 Å². The van der Waals surface area contributed by atoms with E-state index in [0.717, 1.165) is 19.4 Å². The number of nitrogens with zero attached hydrogens (tertiary/aromatic N) is 3. The Morgan fingerprint density at radius 1 is 1.55 bits per heavy atom. The summed E-state index contributed by atoms with van der Waals surface area (Å²) in [6.07, 6.45) is 2.01. The predicted octanol–water partition coefficient (Wildman–Crippen LogP) is 1.02. The largest absolute Gasteiger partial charge is 0.357 e. The average molecular weight is 160 g/mol. The highest BCUT2D eigenvalue weighted by Crippen LogP contribution is 2.27. The van der Waals surface area contributed by atoms with Crippen LogP contribution in [0.5, 0.6) is 0 Å². The molecule has 0 aromatic rings. The number of hydrogen-bond acceptors (Lipinski definition) is 1. The summed E-state index contributed by atoms with van der Waals surface area (Å²) in [6, 6.07) is 0. The molecule has 0 aliphatic carbocycles. The minimum atomic E-state index is -0.110. The molecule has 0 amide bonds. The lowest BCUT2D eigenvalue weighted by Crippen LogP contribution is -2.43. The Balaban J connectivity index is 2.73. The van der Waals surface area contributed by atoms with Crippen LogP contribution in [0.25, 0.3) is 0 Å². The molecule has 1 fully saturated rings. The van der Waals surface area contributed by atoms with Gasteiger partial charge in [0.05, 0.1) is 12.1 Å². The highest BCUT2D eigenvalue weighted by atomic mass is 16.6. The Bertz CT molecular complexity index is 179. The molecule has 1 aliphatic heterocycles. The maximum Gasteiger partial charge on any atom is 0.271 e. The number of rotatable bonds is 1. The summed E-state index contributed by atoms with van der Waals surface area (Å²) < 4.78 is 0. The molecule has 0 aromatic heterocycles. The molecule has 64 valence electrons. The quantitative estimate of drug-likeness (QED) is 0.342. The lowest BCUT2D eigenvalue weighted by molar-refractivity contribution is -0.946. The van der Waals surface area contributed by atoms with Crippen LogP contribution in [0.2, 0.25) is 0 Å². The Morgan fingerprint density at radius 3 is 2.55 bits per heavy atom. The number of hydrazine groups is 1. The van der Waals surface area contributed by atoms with E-state index in [1.54, 1.807) is 5.01 Å². The van der Waals surface area contributed by atoms with Gasteiger partial charge in [-0.05, 0) is 26.7 Å². The molecular formula is C6H14N3O2+. The summed E-state index contributed by atoms with van der Waals surface area (Å²) in [5.41, 5.74) is -0.110. The van der Waals surface area contributed by atoms with Crippen molar-refractivity contribution >= 4 is 0 Å². The van der Waals surface area contributed by atoms with Crippen molar-refractivity contribution in [2.75, 3.05) is 6.54 Å². The third kappa shape index (κ3) is 1.36. The SMILES string of the molecule is CC1(C)CCCN1/[N+](O)=N/O. The molecule has 1 heterocycles. The van der Waals surface area contributed by atoms with Crippen LogP contribution >= 0.6 is 0 Å². The van der Waals surface area contributed by atoms with E-state index in [1.807, 2.05) is 13.8 Å². The number of hydrogen-bond donors (Lipinski definition) is 2. The third-order valence-electron chi connectivity index (χ3n) is 2.15. The molecule has 0 saturated carbocycles. The molecule has 0 aromatic carbocycles. The molecule has 11 heavy (non-hydrogen) atoms. The fourth-order valence-electron chi connectivity index (χ4n) is 1.47. The monoisotopic (exact) mass is 160 g/mol. The van der Waals surface area contributed by atoms with Crippen molar-refractivity contribution in [3.05, 3.63) is 0 Å². The molecule has 0 atom stereocenters. The van der Waals surface area contributed by atoms with Crippen molar-refractivity contribution in [1.82, 2.24) is 5.01 Å². The minimum Gasteiger partial charge on any atom is -0.357 e. The van der Waals surface area contributed by atoms with E-state index in [4.69, 9.17) is 10.4 Å². The fraction of sp³-hybridized carbons (Fsp3) is 1.00. The molecule has 0 unspecified atom stereocenters. The summed E-state index contributed by atoms with van der Waals surface area (Å²) in [5.74, 6) is 0. The van der Waals surface area contributed by atoms with Crippen molar-refractivity contribution in [1.29, 1.82) is 0 Å². The Labute approximate surface area is 65.4 Å². The first-order valence-corrected chi connectivity index (χ1v) is 3.69. The van der Waals surface area contributed by atoms with Gasteiger partial charge in [0.25, 0.3) is 10.2 Å². The second-order valence-corrected chi connectivity index (χ2v) is 3.40. The second kappa shape index (κ2) is 2.56. The fourth-order valence-corrected chi connectivity index (χ4v) is 1.47. The Hall–Kier alpha value is -1.00. The van der Waals surface area contributed by atoms with E-state index < -0.39 is 0 Å². The van der Waals surface area contributed by atoms with Crippen LogP contribution in [0, 0.1) is 0 Å². The Morgan fingerprint density at radius 2 is 2.18 bits per heavy atom. The molecule has 2 N–H and O–H groups in total. The molecule has 0 bridgehead atoms. The van der Waals surface area contributed by atoms with Crippen LogP contribution in [-0.4, -0.2) is 32.5 Å². The van der Waals surface area contributed by atoms with Gasteiger partial charge in [-0.1, -0.05) is 0 Å². The zero-order valence-electron chi connectivity index (χ0n) is 6.86. The predicted molar refractivity (Wildman–Crippen MR) is 36.3 cm³/mol. The van der Waals surface area contributed by atoms with Crippen LogP contribution in [-0.2, 0) is 0 Å². The normalized spacial score (nSPS) is 24.2. The Kier molecular flexibility index (Phi) is 1.89. The second-order valence-electron chi connectivity index (χ2n) is 3.40. The summed E-state index contributed by atoms with van der Waals surface area (Å²) >= 11 is 0. The van der Waals surface area contributed by atoms with E-state index in [1.165, 1.54) is 0 Å². The van der Waals surface area contributed by atoms with E-state index in [0.29, 0.717) is 4.97 Å². The van der Waals surface area contributed by atoms with E-state index in [-0.39, 0.29) is 5.54 Å². The van der Waals surface area contributed by atoms with Gasteiger partial charge in [0.15, 0.2) is 0 Å². The first kappa shape index (κ1) is 8.10. The van der Waals surface area contributed by atoms with Gasteiger partial charge in [-0.3, -0.25) is 0 Å². The van der Waals surface area contributed by atoms with Gasteiger partial charge in [-0.15, -0.1) is 5.01 Å². The molecule has 1 saturated heterocycles. The standard InChI is InChI=1S/C6H13N3O2/c1-6(2)4-3-5-8(6)9(11)7-10/h11H,3-5H2,1-2H3/p+1. The van der Waals surface area contributed by atoms with Crippen molar-refractivity contribution in [2.45, 2.75) is 32.2 Å². The van der Waals surface area contributed by atoms with Gasteiger partial charge < -0.3 is 5.21 Å². The van der Waals surface area contributed by atoms with Gasteiger partial charge in [0.1, 0.15) is 0 Å². The molecule has 1 aliphatic rings. The molecular weight excluding hydrogens is 146 g/mol. The van der Waals surface area contributed by atoms with E-state index >= 15 is 0 Å². The third-order valence-corrected chi connectivity index (χ3v) is 2.15. The lowest BCUT2D eigenvalue weighted by Gasteiger charge is -2.21.